The molecule has 0 unspecified atom stereocenters. The Bertz CT molecular complexity index is 1040. The van der Waals surface area contributed by atoms with Gasteiger partial charge in [0.1, 0.15) is 11.5 Å². The summed E-state index contributed by atoms with van der Waals surface area (Å²) >= 11 is 1.57. The summed E-state index contributed by atoms with van der Waals surface area (Å²) in [7, 11) is 3.26. The summed E-state index contributed by atoms with van der Waals surface area (Å²) in [6.45, 7) is 1.01. The number of hydrogen-bond acceptors (Lipinski definition) is 5. The number of amides is 2. The number of nitrogens with zero attached hydrogens (tertiary/aromatic N) is 2. The molecule has 2 amide bonds. The lowest BCUT2D eigenvalue weighted by molar-refractivity contribution is -0.145. The van der Waals surface area contributed by atoms with Gasteiger partial charge in [-0.25, -0.2) is 0 Å². The molecule has 31 heavy (non-hydrogen) atoms. The minimum absolute atomic E-state index is 0.0462. The second kappa shape index (κ2) is 7.79. The lowest BCUT2D eigenvalue weighted by Crippen LogP contribution is -2.52. The predicted molar refractivity (Wildman–Crippen MR) is 120 cm³/mol. The molecule has 2 heterocycles. The van der Waals surface area contributed by atoms with Gasteiger partial charge >= 0.3 is 0 Å². The Balaban J connectivity index is 1.58. The van der Waals surface area contributed by atoms with Crippen LogP contribution < -0.4 is 14.4 Å². The van der Waals surface area contributed by atoms with Crippen molar-refractivity contribution in [3.8, 4) is 11.5 Å². The van der Waals surface area contributed by atoms with E-state index in [1.165, 1.54) is 0 Å². The van der Waals surface area contributed by atoms with Gasteiger partial charge in [0.25, 0.3) is 5.91 Å². The third kappa shape index (κ3) is 3.09. The fourth-order valence-corrected chi connectivity index (χ4v) is 6.19. The van der Waals surface area contributed by atoms with Crippen LogP contribution in [0.4, 0.5) is 5.69 Å². The molecular formula is C24H26N2O4S. The number of carbonyl (C=O) groups is 2. The van der Waals surface area contributed by atoms with Crippen LogP contribution >= 0.6 is 11.8 Å². The van der Waals surface area contributed by atoms with Gasteiger partial charge in [-0.1, -0.05) is 18.6 Å². The molecule has 1 atom stereocenters. The maximum Gasteiger partial charge on any atom is 0.268 e. The number of anilines is 1. The summed E-state index contributed by atoms with van der Waals surface area (Å²) in [6, 6.07) is 13.5. The minimum Gasteiger partial charge on any atom is -0.497 e. The number of benzene rings is 2. The number of fused-ring (bicyclic) bond motifs is 2. The quantitative estimate of drug-likeness (QED) is 0.711. The third-order valence-electron chi connectivity index (χ3n) is 6.60. The van der Waals surface area contributed by atoms with Crippen molar-refractivity contribution in [2.75, 3.05) is 31.4 Å². The maximum atomic E-state index is 14.0. The van der Waals surface area contributed by atoms with Gasteiger partial charge in [-0.3, -0.25) is 9.59 Å². The van der Waals surface area contributed by atoms with Crippen LogP contribution in [0.15, 0.2) is 42.5 Å². The van der Waals surface area contributed by atoms with Gasteiger partial charge in [-0.05, 0) is 48.7 Å². The van der Waals surface area contributed by atoms with Gasteiger partial charge in [0, 0.05) is 23.8 Å². The Morgan fingerprint density at radius 3 is 2.61 bits per heavy atom. The summed E-state index contributed by atoms with van der Waals surface area (Å²) in [4.78, 5) is 30.0. The normalized spacial score (nSPS) is 22.6. The van der Waals surface area contributed by atoms with Crippen molar-refractivity contribution in [3.63, 3.8) is 0 Å². The van der Waals surface area contributed by atoms with E-state index in [9.17, 15) is 9.59 Å². The van der Waals surface area contributed by atoms with Crippen molar-refractivity contribution in [1.82, 2.24) is 4.90 Å². The highest BCUT2D eigenvalue weighted by Gasteiger charge is 2.60. The summed E-state index contributed by atoms with van der Waals surface area (Å²) in [6.07, 6.45) is 2.93. The first-order valence-corrected chi connectivity index (χ1v) is 11.7. The smallest absolute Gasteiger partial charge is 0.268 e. The second-order valence-corrected chi connectivity index (χ2v) is 9.52. The van der Waals surface area contributed by atoms with Crippen molar-refractivity contribution >= 4 is 29.3 Å². The molecular weight excluding hydrogens is 412 g/mol. The van der Waals surface area contributed by atoms with Crippen LogP contribution in [0, 0.1) is 5.92 Å². The largest absolute Gasteiger partial charge is 0.497 e. The zero-order chi connectivity index (χ0) is 21.6. The Morgan fingerprint density at radius 1 is 1.13 bits per heavy atom. The number of ether oxygens (including phenoxy) is 2. The fourth-order valence-electron chi connectivity index (χ4n) is 4.73. The zero-order valence-corrected chi connectivity index (χ0v) is 18.6. The van der Waals surface area contributed by atoms with E-state index in [0.717, 1.165) is 47.6 Å². The lowest BCUT2D eigenvalue weighted by atomic mass is 9.84. The van der Waals surface area contributed by atoms with E-state index >= 15 is 0 Å². The van der Waals surface area contributed by atoms with Crippen LogP contribution in [0.1, 0.15) is 30.4 Å². The molecule has 2 aromatic rings. The third-order valence-corrected chi connectivity index (χ3v) is 8.02. The molecule has 7 heteroatoms. The molecule has 3 aliphatic rings. The van der Waals surface area contributed by atoms with Crippen molar-refractivity contribution in [2.45, 2.75) is 30.7 Å². The van der Waals surface area contributed by atoms with Crippen LogP contribution in [-0.4, -0.2) is 43.2 Å². The number of rotatable bonds is 5. The monoisotopic (exact) mass is 438 g/mol. The number of thioether (sulfide) groups is 1. The molecule has 1 saturated carbocycles. The predicted octanol–water partition coefficient (Wildman–Crippen LogP) is 3.78. The van der Waals surface area contributed by atoms with E-state index < -0.39 is 4.87 Å². The highest BCUT2D eigenvalue weighted by atomic mass is 32.2. The van der Waals surface area contributed by atoms with Crippen LogP contribution in [-0.2, 0) is 21.0 Å². The molecule has 0 radical (unpaired) electrons. The zero-order valence-electron chi connectivity index (χ0n) is 17.8. The van der Waals surface area contributed by atoms with Crippen LogP contribution in [0.3, 0.4) is 0 Å². The standard InChI is InChI=1S/C24H26N2O4S/c1-29-18-8-3-5-16(13-18)15-25-21-10-9-19(30-2)14-20(21)24(23(25)28)26(11-12-31-24)22(27)17-6-4-7-17/h3,5,8-10,13-14,17H,4,6-7,11-12,15H2,1-2H3/t24-/m1/s1. The molecule has 0 aromatic heterocycles. The summed E-state index contributed by atoms with van der Waals surface area (Å²) < 4.78 is 10.8. The van der Waals surface area contributed by atoms with Crippen LogP contribution in [0.2, 0.25) is 0 Å². The van der Waals surface area contributed by atoms with E-state index in [2.05, 4.69) is 0 Å². The highest BCUT2D eigenvalue weighted by Crippen LogP contribution is 2.56. The lowest BCUT2D eigenvalue weighted by Gasteiger charge is -2.37. The summed E-state index contributed by atoms with van der Waals surface area (Å²) in [5, 5.41) is 0. The molecule has 6 nitrogen and oxygen atoms in total. The van der Waals surface area contributed by atoms with Crippen molar-refractivity contribution in [2.24, 2.45) is 5.92 Å². The molecule has 0 N–H and O–H groups in total. The Hall–Kier alpha value is -2.67. The van der Waals surface area contributed by atoms with E-state index in [4.69, 9.17) is 9.47 Å². The average Bonchev–Trinajstić information content (AvgIpc) is 3.29. The minimum atomic E-state index is -1.00. The maximum absolute atomic E-state index is 14.0. The Labute approximate surface area is 186 Å². The fraction of sp³-hybridized carbons (Fsp3) is 0.417. The molecule has 2 fully saturated rings. The Kier molecular flexibility index (Phi) is 5.08. The van der Waals surface area contributed by atoms with E-state index in [-0.39, 0.29) is 17.7 Å². The van der Waals surface area contributed by atoms with E-state index in [1.807, 2.05) is 52.3 Å². The molecule has 1 aliphatic carbocycles. The van der Waals surface area contributed by atoms with Gasteiger partial charge in [0.05, 0.1) is 26.5 Å². The van der Waals surface area contributed by atoms with Gasteiger partial charge in [0.15, 0.2) is 4.87 Å². The number of carbonyl (C=O) groups excluding carboxylic acids is 2. The molecule has 2 aliphatic heterocycles. The first kappa shape index (κ1) is 20.2. The first-order chi connectivity index (χ1) is 15.1. The van der Waals surface area contributed by atoms with Gasteiger partial charge in [-0.2, -0.15) is 0 Å². The second-order valence-electron chi connectivity index (χ2n) is 8.24. The van der Waals surface area contributed by atoms with E-state index in [1.54, 1.807) is 26.0 Å². The number of hydrogen-bond donors (Lipinski definition) is 0. The van der Waals surface area contributed by atoms with E-state index in [0.29, 0.717) is 18.8 Å². The van der Waals surface area contributed by atoms with Gasteiger partial charge in [-0.15, -0.1) is 11.8 Å². The SMILES string of the molecule is COc1cccc(CN2C(=O)[C@]3(SCCN3C(=O)C3CCC3)c3cc(OC)ccc32)c1. The Morgan fingerprint density at radius 2 is 1.90 bits per heavy atom. The molecule has 1 spiro atoms. The summed E-state index contributed by atoms with van der Waals surface area (Å²) in [5.41, 5.74) is 2.68. The molecule has 5 rings (SSSR count). The highest BCUT2D eigenvalue weighted by molar-refractivity contribution is 8.01. The van der Waals surface area contributed by atoms with Crippen molar-refractivity contribution in [1.29, 1.82) is 0 Å². The van der Waals surface area contributed by atoms with Crippen molar-refractivity contribution in [3.05, 3.63) is 53.6 Å². The molecule has 162 valence electrons. The van der Waals surface area contributed by atoms with Gasteiger partial charge < -0.3 is 19.3 Å². The van der Waals surface area contributed by atoms with Gasteiger partial charge in [0.2, 0.25) is 5.91 Å². The summed E-state index contributed by atoms with van der Waals surface area (Å²) in [5.74, 6) is 2.30. The number of methoxy groups -OCH3 is 2. The molecule has 0 bridgehead atoms. The first-order valence-electron chi connectivity index (χ1n) is 10.7. The average molecular weight is 439 g/mol. The molecule has 2 aromatic carbocycles. The van der Waals surface area contributed by atoms with Crippen molar-refractivity contribution < 1.29 is 19.1 Å². The topological polar surface area (TPSA) is 59.1 Å². The van der Waals surface area contributed by atoms with Crippen LogP contribution in [0.25, 0.3) is 0 Å². The van der Waals surface area contributed by atoms with Crippen LogP contribution in [0.5, 0.6) is 11.5 Å². The molecule has 1 saturated heterocycles.